The van der Waals surface area contributed by atoms with Crippen molar-refractivity contribution in [2.45, 2.75) is 26.7 Å². The van der Waals surface area contributed by atoms with Crippen LogP contribution in [-0.4, -0.2) is 50.8 Å². The van der Waals surface area contributed by atoms with E-state index in [9.17, 15) is 0 Å². The van der Waals surface area contributed by atoms with Crippen molar-refractivity contribution in [3.8, 4) is 0 Å². The largest absolute Gasteiger partial charge is 0.380 e. The van der Waals surface area contributed by atoms with Gasteiger partial charge in [-0.25, -0.2) is 0 Å². The average molecular weight is 369 g/mol. The lowest BCUT2D eigenvalue weighted by atomic mass is 10.3. The maximum Gasteiger partial charge on any atom is 0.193 e. The molecule has 108 valence electrons. The summed E-state index contributed by atoms with van der Waals surface area (Å²) in [4.78, 5) is 6.66. The third-order valence-corrected chi connectivity index (χ3v) is 2.30. The Morgan fingerprint density at radius 1 is 1.44 bits per heavy atom. The van der Waals surface area contributed by atoms with Crippen LogP contribution >= 0.6 is 24.0 Å². The highest BCUT2D eigenvalue weighted by atomic mass is 127. The molecule has 0 unspecified atom stereocenters. The Balaban J connectivity index is 0. The molecule has 0 saturated heterocycles. The molecule has 0 rings (SSSR count). The summed E-state index contributed by atoms with van der Waals surface area (Å²) in [5, 5.41) is 3.28. The molecule has 0 saturated carbocycles. The number of ether oxygens (including phenoxy) is 1. The van der Waals surface area contributed by atoms with E-state index in [-0.39, 0.29) is 24.0 Å². The number of aliphatic imine (C=N–C) groups is 1. The third kappa shape index (κ3) is 10.8. The minimum absolute atomic E-state index is 0. The predicted molar refractivity (Wildman–Crippen MR) is 89.9 cm³/mol. The lowest BCUT2D eigenvalue weighted by Gasteiger charge is -2.21. The van der Waals surface area contributed by atoms with Crippen LogP contribution in [0.3, 0.4) is 0 Å². The van der Waals surface area contributed by atoms with E-state index in [1.165, 1.54) is 0 Å². The number of unbranched alkanes of at least 4 members (excludes halogenated alkanes) is 1. The van der Waals surface area contributed by atoms with E-state index in [2.05, 4.69) is 35.8 Å². The molecule has 0 bridgehead atoms. The van der Waals surface area contributed by atoms with Gasteiger partial charge in [0.05, 0.1) is 13.2 Å². The first kappa shape index (κ1) is 20.0. The van der Waals surface area contributed by atoms with Crippen LogP contribution in [0.5, 0.6) is 0 Å². The van der Waals surface area contributed by atoms with E-state index in [0.717, 1.165) is 38.5 Å². The lowest BCUT2D eigenvalue weighted by molar-refractivity contribution is 0.155. The maximum atomic E-state index is 5.27. The number of allylic oxidation sites excluding steroid dienone is 1. The van der Waals surface area contributed by atoms with Crippen molar-refractivity contribution in [2.75, 3.05) is 39.9 Å². The monoisotopic (exact) mass is 369 g/mol. The van der Waals surface area contributed by atoms with Gasteiger partial charge in [0.1, 0.15) is 0 Å². The fraction of sp³-hybridized carbons (Fsp3) is 0.769. The average Bonchev–Trinajstić information content (AvgIpc) is 2.33. The molecule has 0 aromatic heterocycles. The summed E-state index contributed by atoms with van der Waals surface area (Å²) in [7, 11) is 2.06. The van der Waals surface area contributed by atoms with Crippen LogP contribution in [0, 0.1) is 0 Å². The van der Waals surface area contributed by atoms with E-state index in [4.69, 9.17) is 4.74 Å². The van der Waals surface area contributed by atoms with Gasteiger partial charge in [0.2, 0.25) is 0 Å². The number of hydrogen-bond acceptors (Lipinski definition) is 2. The SMILES string of the molecule is C=CCCCN(C)C(=NCCOCC)NCC.I. The fourth-order valence-corrected chi connectivity index (χ4v) is 1.41. The topological polar surface area (TPSA) is 36.9 Å². The molecule has 0 aromatic rings. The van der Waals surface area contributed by atoms with Crippen molar-refractivity contribution >= 4 is 29.9 Å². The van der Waals surface area contributed by atoms with Gasteiger partial charge >= 0.3 is 0 Å². The Hall–Kier alpha value is -0.300. The van der Waals surface area contributed by atoms with Crippen molar-refractivity contribution in [1.82, 2.24) is 10.2 Å². The smallest absolute Gasteiger partial charge is 0.193 e. The summed E-state index contributed by atoms with van der Waals surface area (Å²) in [6, 6.07) is 0. The molecule has 0 aliphatic rings. The van der Waals surface area contributed by atoms with Crippen LogP contribution in [0.4, 0.5) is 0 Å². The molecule has 4 nitrogen and oxygen atoms in total. The highest BCUT2D eigenvalue weighted by molar-refractivity contribution is 14.0. The maximum absolute atomic E-state index is 5.27. The van der Waals surface area contributed by atoms with Crippen molar-refractivity contribution < 1.29 is 4.74 Å². The van der Waals surface area contributed by atoms with Crippen LogP contribution in [0.1, 0.15) is 26.7 Å². The van der Waals surface area contributed by atoms with Crippen LogP contribution < -0.4 is 5.32 Å². The molecule has 0 heterocycles. The van der Waals surface area contributed by atoms with Crippen molar-refractivity contribution in [3.05, 3.63) is 12.7 Å². The van der Waals surface area contributed by atoms with E-state index >= 15 is 0 Å². The second-order valence-corrected chi connectivity index (χ2v) is 3.79. The summed E-state index contributed by atoms with van der Waals surface area (Å²) in [6.07, 6.45) is 4.10. The molecule has 1 N–H and O–H groups in total. The minimum atomic E-state index is 0. The predicted octanol–water partition coefficient (Wildman–Crippen LogP) is 2.50. The fourth-order valence-electron chi connectivity index (χ4n) is 1.41. The van der Waals surface area contributed by atoms with Gasteiger partial charge < -0.3 is 15.0 Å². The summed E-state index contributed by atoms with van der Waals surface area (Å²) in [6.45, 7) is 11.8. The molecular formula is C13H28IN3O. The second-order valence-electron chi connectivity index (χ2n) is 3.79. The summed E-state index contributed by atoms with van der Waals surface area (Å²) in [5.41, 5.74) is 0. The van der Waals surface area contributed by atoms with E-state index in [1.54, 1.807) is 0 Å². The molecule has 0 spiro atoms. The van der Waals surface area contributed by atoms with E-state index in [1.807, 2.05) is 13.0 Å². The summed E-state index contributed by atoms with van der Waals surface area (Å²) >= 11 is 0. The Morgan fingerprint density at radius 3 is 2.72 bits per heavy atom. The Kier molecular flexibility index (Phi) is 16.4. The number of nitrogens with zero attached hydrogens (tertiary/aromatic N) is 2. The van der Waals surface area contributed by atoms with Crippen LogP contribution in [-0.2, 0) is 4.74 Å². The number of nitrogens with one attached hydrogen (secondary N) is 1. The quantitative estimate of drug-likeness (QED) is 0.223. The van der Waals surface area contributed by atoms with Crippen LogP contribution in [0.15, 0.2) is 17.6 Å². The first-order valence-corrected chi connectivity index (χ1v) is 6.44. The molecule has 0 amide bonds. The van der Waals surface area contributed by atoms with Crippen molar-refractivity contribution in [3.63, 3.8) is 0 Å². The summed E-state index contributed by atoms with van der Waals surface area (Å²) in [5.74, 6) is 0.955. The van der Waals surface area contributed by atoms with Gasteiger partial charge in [-0.05, 0) is 26.7 Å². The number of hydrogen-bond donors (Lipinski definition) is 1. The highest BCUT2D eigenvalue weighted by Crippen LogP contribution is 1.94. The van der Waals surface area contributed by atoms with Crippen LogP contribution in [0.25, 0.3) is 0 Å². The first-order chi connectivity index (χ1) is 8.26. The van der Waals surface area contributed by atoms with Gasteiger partial charge in [0.15, 0.2) is 5.96 Å². The van der Waals surface area contributed by atoms with Gasteiger partial charge in [-0.15, -0.1) is 30.6 Å². The molecule has 18 heavy (non-hydrogen) atoms. The second kappa shape index (κ2) is 14.8. The van der Waals surface area contributed by atoms with Crippen molar-refractivity contribution in [2.24, 2.45) is 4.99 Å². The standard InChI is InChI=1S/C13H27N3O.HI/c1-5-8-9-11-16(4)13(14-6-2)15-10-12-17-7-3;/h5H,1,6-12H2,2-4H3,(H,14,15);1H. The molecular weight excluding hydrogens is 341 g/mol. The Bertz CT molecular complexity index is 222. The molecule has 5 heteroatoms. The number of halogens is 1. The van der Waals surface area contributed by atoms with Crippen LogP contribution in [0.2, 0.25) is 0 Å². The zero-order valence-electron chi connectivity index (χ0n) is 11.9. The van der Waals surface area contributed by atoms with Crippen molar-refractivity contribution in [1.29, 1.82) is 0 Å². The highest BCUT2D eigenvalue weighted by Gasteiger charge is 2.03. The van der Waals surface area contributed by atoms with E-state index < -0.39 is 0 Å². The molecule has 0 radical (unpaired) electrons. The van der Waals surface area contributed by atoms with Gasteiger partial charge in [0, 0.05) is 26.7 Å². The third-order valence-electron chi connectivity index (χ3n) is 2.30. The first-order valence-electron chi connectivity index (χ1n) is 6.44. The normalized spacial score (nSPS) is 10.7. The van der Waals surface area contributed by atoms with Gasteiger partial charge in [-0.2, -0.15) is 0 Å². The summed E-state index contributed by atoms with van der Waals surface area (Å²) < 4.78 is 5.27. The molecule has 0 aromatic carbocycles. The minimum Gasteiger partial charge on any atom is -0.380 e. The number of guanidine groups is 1. The van der Waals surface area contributed by atoms with Gasteiger partial charge in [-0.3, -0.25) is 4.99 Å². The number of rotatable bonds is 9. The van der Waals surface area contributed by atoms with Gasteiger partial charge in [-0.1, -0.05) is 6.08 Å². The Labute approximate surface area is 129 Å². The zero-order chi connectivity index (χ0) is 12.9. The zero-order valence-corrected chi connectivity index (χ0v) is 14.3. The van der Waals surface area contributed by atoms with E-state index in [0.29, 0.717) is 13.2 Å². The molecule has 0 fully saturated rings. The Morgan fingerprint density at radius 2 is 2.17 bits per heavy atom. The van der Waals surface area contributed by atoms with Gasteiger partial charge in [0.25, 0.3) is 0 Å². The molecule has 0 aliphatic carbocycles. The lowest BCUT2D eigenvalue weighted by Crippen LogP contribution is -2.39. The molecule has 0 aliphatic heterocycles. The molecule has 0 atom stereocenters.